The van der Waals surface area contributed by atoms with Crippen molar-refractivity contribution < 1.29 is 49.2 Å². The van der Waals surface area contributed by atoms with Crippen LogP contribution in [0.5, 0.6) is 0 Å². The molecule has 0 bridgehead atoms. The zero-order valence-electron chi connectivity index (χ0n) is 27.1. The van der Waals surface area contributed by atoms with Crippen molar-refractivity contribution in [2.75, 3.05) is 73.5 Å². The summed E-state index contributed by atoms with van der Waals surface area (Å²) in [5.41, 5.74) is 0. The van der Waals surface area contributed by atoms with E-state index in [-0.39, 0.29) is 6.54 Å². The van der Waals surface area contributed by atoms with Crippen LogP contribution in [0.3, 0.4) is 0 Å². The van der Waals surface area contributed by atoms with Crippen LogP contribution in [-0.2, 0) is 34.5 Å². The van der Waals surface area contributed by atoms with E-state index in [1.165, 1.54) is 84.7 Å². The van der Waals surface area contributed by atoms with Gasteiger partial charge in [-0.05, 0) is 12.8 Å². The number of hydrogen-bond acceptors (Lipinski definition) is 9. The van der Waals surface area contributed by atoms with E-state index in [2.05, 4.69) is 21.0 Å². The molecular weight excluding hydrogens is 572 g/mol. The Balaban J connectivity index is 0. The maximum atomic E-state index is 10.9. The topological polar surface area (TPSA) is 150 Å². The smallest absolute Gasteiger partial charge is 0.303 e. The number of methoxy groups -OCH3 is 1. The first-order valence-corrected chi connectivity index (χ1v) is 18.0. The van der Waals surface area contributed by atoms with E-state index >= 15 is 0 Å². The van der Waals surface area contributed by atoms with Crippen LogP contribution in [0.25, 0.3) is 0 Å². The van der Waals surface area contributed by atoms with E-state index in [4.69, 9.17) is 9.47 Å². The lowest BCUT2D eigenvalue weighted by atomic mass is 10.1. The molecular formula is C28H60N2O9S2. The van der Waals surface area contributed by atoms with Crippen LogP contribution < -0.4 is 0 Å². The predicted octanol–water partition coefficient (Wildman–Crippen LogP) is 3.49. The summed E-state index contributed by atoms with van der Waals surface area (Å²) in [7, 11) is 2.44. The second-order valence-corrected chi connectivity index (χ2v) is 15.6. The van der Waals surface area contributed by atoms with Gasteiger partial charge in [-0.15, -0.1) is 0 Å². The lowest BCUT2D eigenvalue weighted by Crippen LogP contribution is -2.48. The highest BCUT2D eigenvalue weighted by molar-refractivity contribution is 7.86. The van der Waals surface area contributed by atoms with Gasteiger partial charge in [-0.25, -0.2) is 16.8 Å². The highest BCUT2D eigenvalue weighted by Crippen LogP contribution is 2.13. The number of carbonyl (C=O) groups is 1. The Bertz CT molecular complexity index is 887. The largest absolute Gasteiger partial charge is 0.748 e. The number of quaternary nitrogens is 2. The third-order valence-electron chi connectivity index (χ3n) is 6.51. The monoisotopic (exact) mass is 632 g/mol. The fourth-order valence-electron chi connectivity index (χ4n) is 4.64. The van der Waals surface area contributed by atoms with Crippen LogP contribution in [0.15, 0.2) is 0 Å². The summed E-state index contributed by atoms with van der Waals surface area (Å²) in [6.45, 7) is 5.25. The molecule has 248 valence electrons. The van der Waals surface area contributed by atoms with Crippen molar-refractivity contribution >= 4 is 26.2 Å². The lowest BCUT2D eigenvalue weighted by molar-refractivity contribution is -0.893. The fraction of sp³-hybridized carbons (Fsp3) is 0.964. The van der Waals surface area contributed by atoms with Gasteiger partial charge in [0.2, 0.25) is 0 Å². The fourth-order valence-corrected chi connectivity index (χ4v) is 5.97. The number of ether oxygens (including phenoxy) is 2. The molecule has 11 nitrogen and oxygen atoms in total. The number of carbonyl (C=O) groups excluding carboxylic acids is 1. The maximum Gasteiger partial charge on any atom is 0.303 e. The molecule has 0 aromatic rings. The number of nitrogens with zero attached hydrogens (tertiary/aromatic N) is 2. The van der Waals surface area contributed by atoms with Gasteiger partial charge in [0.15, 0.2) is 6.10 Å². The summed E-state index contributed by atoms with van der Waals surface area (Å²) in [6, 6.07) is 0. The first-order chi connectivity index (χ1) is 18.7. The molecule has 0 saturated carbocycles. The molecule has 0 N–H and O–H groups in total. The van der Waals surface area contributed by atoms with Crippen molar-refractivity contribution in [3.8, 4) is 0 Å². The third kappa shape index (κ3) is 33.5. The Hall–Kier alpha value is -0.830. The van der Waals surface area contributed by atoms with E-state index in [9.17, 15) is 30.7 Å². The summed E-state index contributed by atoms with van der Waals surface area (Å²) in [5.74, 6) is -1.71. The van der Waals surface area contributed by atoms with Gasteiger partial charge in [0.25, 0.3) is 0 Å². The molecule has 0 aliphatic rings. The Morgan fingerprint density at radius 3 is 1.41 bits per heavy atom. The van der Waals surface area contributed by atoms with Crippen molar-refractivity contribution in [2.45, 2.75) is 103 Å². The van der Waals surface area contributed by atoms with E-state index in [0.29, 0.717) is 15.5 Å². The molecule has 0 heterocycles. The number of rotatable bonds is 23. The van der Waals surface area contributed by atoms with Crippen LogP contribution in [0.4, 0.5) is 0 Å². The summed E-state index contributed by atoms with van der Waals surface area (Å²) < 4.78 is 75.5. The van der Waals surface area contributed by atoms with Crippen molar-refractivity contribution in [1.29, 1.82) is 0 Å². The zero-order valence-corrected chi connectivity index (χ0v) is 28.7. The normalized spacial score (nSPS) is 14.2. The van der Waals surface area contributed by atoms with E-state index in [1.54, 1.807) is 0 Å². The van der Waals surface area contributed by atoms with Crippen LogP contribution in [0, 0.1) is 0 Å². The molecule has 0 aromatic heterocycles. The summed E-state index contributed by atoms with van der Waals surface area (Å²) in [5, 5.41) is 0. The highest BCUT2D eigenvalue weighted by Gasteiger charge is 2.24. The second kappa shape index (κ2) is 21.8. The highest BCUT2D eigenvalue weighted by atomic mass is 32.2. The van der Waals surface area contributed by atoms with Gasteiger partial charge in [0, 0.05) is 14.0 Å². The number of unbranched alkanes of at least 4 members (excludes halogenated alkanes) is 11. The van der Waals surface area contributed by atoms with Gasteiger partial charge in [-0.3, -0.25) is 4.79 Å². The lowest BCUT2D eigenvalue weighted by Gasteiger charge is -2.33. The average Bonchev–Trinajstić information content (AvgIpc) is 2.76. The molecule has 2 atom stereocenters. The molecule has 0 saturated heterocycles. The standard InChI is InChI=1S/C20H43NO4S.C8H17NO5S/c1-5-6-7-8-9-10-11-12-13-14-15-16-17-21(2,3)18-20(25-4)19-26(22,23)24;1-7(10)14-8(5-9(2,3)4)6-15(11,12)13/h20H,5-19H2,1-4H3;8H,5-6H2,1-4H3. The molecule has 0 spiro atoms. The summed E-state index contributed by atoms with van der Waals surface area (Å²) in [6.07, 6.45) is 14.5. The van der Waals surface area contributed by atoms with Crippen LogP contribution >= 0.6 is 0 Å². The minimum Gasteiger partial charge on any atom is -0.748 e. The Morgan fingerprint density at radius 2 is 1.07 bits per heavy atom. The van der Waals surface area contributed by atoms with Gasteiger partial charge in [0.1, 0.15) is 19.2 Å². The molecule has 0 aliphatic carbocycles. The summed E-state index contributed by atoms with van der Waals surface area (Å²) in [4.78, 5) is 10.7. The average molecular weight is 633 g/mol. The van der Waals surface area contributed by atoms with Gasteiger partial charge < -0.3 is 27.5 Å². The van der Waals surface area contributed by atoms with Crippen LogP contribution in [-0.4, -0.2) is 127 Å². The minimum absolute atomic E-state index is 0.279. The first kappa shape index (κ1) is 42.3. The molecule has 2 unspecified atom stereocenters. The Kier molecular flexibility index (Phi) is 22.5. The molecule has 0 radical (unpaired) electrons. The quantitative estimate of drug-likeness (QED) is 0.0714. The van der Waals surface area contributed by atoms with E-state index in [0.717, 1.165) is 13.0 Å². The third-order valence-corrected chi connectivity index (χ3v) is 8.07. The van der Waals surface area contributed by atoms with Gasteiger partial charge >= 0.3 is 5.97 Å². The van der Waals surface area contributed by atoms with Gasteiger partial charge in [-0.1, -0.05) is 71.1 Å². The van der Waals surface area contributed by atoms with Crippen LogP contribution in [0.2, 0.25) is 0 Å². The summed E-state index contributed by atoms with van der Waals surface area (Å²) >= 11 is 0. The molecule has 0 aliphatic heterocycles. The van der Waals surface area contributed by atoms with Gasteiger partial charge in [0.05, 0.1) is 73.5 Å². The van der Waals surface area contributed by atoms with Crippen molar-refractivity contribution in [2.24, 2.45) is 0 Å². The number of likely N-dealkylation sites (N-methyl/N-ethyl adjacent to an activating group) is 2. The minimum atomic E-state index is -4.38. The maximum absolute atomic E-state index is 10.9. The first-order valence-electron chi connectivity index (χ1n) is 14.9. The van der Waals surface area contributed by atoms with Crippen LogP contribution in [0.1, 0.15) is 90.9 Å². The Labute approximate surface area is 251 Å². The molecule has 0 aromatic carbocycles. The van der Waals surface area contributed by atoms with Crippen molar-refractivity contribution in [3.63, 3.8) is 0 Å². The van der Waals surface area contributed by atoms with Crippen molar-refractivity contribution in [1.82, 2.24) is 0 Å². The molecule has 0 fully saturated rings. The van der Waals surface area contributed by atoms with E-state index in [1.807, 2.05) is 21.1 Å². The molecule has 0 amide bonds. The van der Waals surface area contributed by atoms with E-state index < -0.39 is 49.9 Å². The number of hydrogen-bond donors (Lipinski definition) is 0. The molecule has 0 rings (SSSR count). The Morgan fingerprint density at radius 1 is 0.683 bits per heavy atom. The number of esters is 1. The van der Waals surface area contributed by atoms with Gasteiger partial charge in [-0.2, -0.15) is 0 Å². The second-order valence-electron chi connectivity index (χ2n) is 12.7. The SMILES string of the molecule is CC(=O)OC(C[N+](C)(C)C)CS(=O)(=O)[O-].CCCCCCCCCCCCCC[N+](C)(C)CC(CS(=O)(=O)[O-])OC. The van der Waals surface area contributed by atoms with Crippen molar-refractivity contribution in [3.05, 3.63) is 0 Å². The molecule has 41 heavy (non-hydrogen) atoms. The molecule has 13 heteroatoms. The zero-order chi connectivity index (χ0) is 32.2. The predicted molar refractivity (Wildman–Crippen MR) is 161 cm³/mol.